The smallest absolute Gasteiger partial charge is 0.288 e. The molecule has 1 aromatic heterocycles. The molecule has 0 saturated carbocycles. The van der Waals surface area contributed by atoms with Gasteiger partial charge in [0.15, 0.2) is 5.11 Å². The normalized spacial score (nSPS) is 10.2. The second-order valence-corrected chi connectivity index (χ2v) is 5.31. The Bertz CT molecular complexity index is 916. The molecular formula is C17H13FN4OS. The maximum atomic E-state index is 13.5. The molecular weight excluding hydrogens is 327 g/mol. The van der Waals surface area contributed by atoms with Crippen molar-refractivity contribution in [3.05, 3.63) is 72.2 Å². The van der Waals surface area contributed by atoms with Gasteiger partial charge < -0.3 is 5.32 Å². The minimum Gasteiger partial charge on any atom is -0.329 e. The molecule has 0 aliphatic carbocycles. The van der Waals surface area contributed by atoms with Crippen LogP contribution >= 0.6 is 12.2 Å². The van der Waals surface area contributed by atoms with Crippen LogP contribution in [0.5, 0.6) is 0 Å². The van der Waals surface area contributed by atoms with E-state index < -0.39 is 11.7 Å². The van der Waals surface area contributed by atoms with Crippen LogP contribution in [0.1, 0.15) is 10.5 Å². The van der Waals surface area contributed by atoms with Crippen LogP contribution in [0.4, 0.5) is 10.1 Å². The summed E-state index contributed by atoms with van der Waals surface area (Å²) in [5, 5.41) is 3.66. The van der Waals surface area contributed by atoms with Crippen LogP contribution in [-0.4, -0.2) is 16.0 Å². The van der Waals surface area contributed by atoms with E-state index in [2.05, 4.69) is 21.2 Å². The number of rotatable bonds is 2. The van der Waals surface area contributed by atoms with Gasteiger partial charge in [-0.25, -0.2) is 9.37 Å². The van der Waals surface area contributed by atoms with Crippen molar-refractivity contribution in [3.8, 4) is 0 Å². The van der Waals surface area contributed by atoms with Gasteiger partial charge in [0.25, 0.3) is 5.91 Å². The number of nitrogens with zero attached hydrogens (tertiary/aromatic N) is 1. The maximum Gasteiger partial charge on any atom is 0.288 e. The van der Waals surface area contributed by atoms with E-state index in [1.165, 1.54) is 12.1 Å². The average molecular weight is 340 g/mol. The quantitative estimate of drug-likeness (QED) is 0.494. The summed E-state index contributed by atoms with van der Waals surface area (Å²) < 4.78 is 13.5. The van der Waals surface area contributed by atoms with Crippen molar-refractivity contribution in [1.82, 2.24) is 15.8 Å². The fourth-order valence-corrected chi connectivity index (χ4v) is 2.25. The van der Waals surface area contributed by atoms with Gasteiger partial charge in [0.2, 0.25) is 0 Å². The molecule has 5 nitrogen and oxygen atoms in total. The molecule has 0 bridgehead atoms. The lowest BCUT2D eigenvalue weighted by atomic mass is 10.2. The van der Waals surface area contributed by atoms with E-state index in [0.717, 1.165) is 10.9 Å². The molecule has 0 radical (unpaired) electrons. The second-order valence-electron chi connectivity index (χ2n) is 4.90. The SMILES string of the molecule is O=C(NNC(=S)Nc1ccccc1F)c1ccc2ccccc2n1. The first-order chi connectivity index (χ1) is 11.6. The summed E-state index contributed by atoms with van der Waals surface area (Å²) in [4.78, 5) is 16.4. The zero-order valence-corrected chi connectivity index (χ0v) is 13.2. The predicted molar refractivity (Wildman–Crippen MR) is 95.0 cm³/mol. The number of carbonyl (C=O) groups excluding carboxylic acids is 1. The van der Waals surface area contributed by atoms with Crippen molar-refractivity contribution in [2.75, 3.05) is 5.32 Å². The van der Waals surface area contributed by atoms with Gasteiger partial charge in [0.1, 0.15) is 11.5 Å². The summed E-state index contributed by atoms with van der Waals surface area (Å²) in [6.45, 7) is 0. The lowest BCUT2D eigenvalue weighted by Gasteiger charge is -2.12. The Labute approximate surface area is 142 Å². The Balaban J connectivity index is 1.62. The number of hydrazine groups is 1. The van der Waals surface area contributed by atoms with E-state index in [1.54, 1.807) is 18.2 Å². The van der Waals surface area contributed by atoms with E-state index in [1.807, 2.05) is 30.3 Å². The van der Waals surface area contributed by atoms with Crippen LogP contribution in [0.2, 0.25) is 0 Å². The Morgan fingerprint density at radius 1 is 0.958 bits per heavy atom. The summed E-state index contributed by atoms with van der Waals surface area (Å²) >= 11 is 5.02. The minimum absolute atomic E-state index is 0.0641. The lowest BCUT2D eigenvalue weighted by molar-refractivity contribution is 0.0939. The van der Waals surface area contributed by atoms with Crippen LogP contribution < -0.4 is 16.2 Å². The molecule has 3 N–H and O–H groups in total. The third kappa shape index (κ3) is 3.64. The molecule has 0 spiro atoms. The molecule has 1 amide bonds. The number of pyridine rings is 1. The highest BCUT2D eigenvalue weighted by molar-refractivity contribution is 7.80. The summed E-state index contributed by atoms with van der Waals surface area (Å²) in [6.07, 6.45) is 0. The summed E-state index contributed by atoms with van der Waals surface area (Å²) in [5.41, 5.74) is 6.13. The number of benzene rings is 2. The number of hydrogen-bond donors (Lipinski definition) is 3. The summed E-state index contributed by atoms with van der Waals surface area (Å²) in [6, 6.07) is 17.0. The highest BCUT2D eigenvalue weighted by Gasteiger charge is 2.09. The monoisotopic (exact) mass is 340 g/mol. The fourth-order valence-electron chi connectivity index (χ4n) is 2.09. The van der Waals surface area contributed by atoms with E-state index in [4.69, 9.17) is 12.2 Å². The van der Waals surface area contributed by atoms with Gasteiger partial charge in [0.05, 0.1) is 11.2 Å². The fraction of sp³-hybridized carbons (Fsp3) is 0. The van der Waals surface area contributed by atoms with Crippen molar-refractivity contribution in [2.45, 2.75) is 0 Å². The van der Waals surface area contributed by atoms with Crippen molar-refractivity contribution in [1.29, 1.82) is 0 Å². The Morgan fingerprint density at radius 3 is 2.54 bits per heavy atom. The molecule has 24 heavy (non-hydrogen) atoms. The molecule has 2 aromatic carbocycles. The van der Waals surface area contributed by atoms with Gasteiger partial charge in [-0.05, 0) is 36.5 Å². The maximum absolute atomic E-state index is 13.5. The molecule has 0 atom stereocenters. The number of halogens is 1. The predicted octanol–water partition coefficient (Wildman–Crippen LogP) is 3.01. The highest BCUT2D eigenvalue weighted by Crippen LogP contribution is 2.12. The first kappa shape index (κ1) is 15.8. The van der Waals surface area contributed by atoms with Gasteiger partial charge in [-0.1, -0.05) is 36.4 Å². The number of para-hydroxylation sites is 2. The van der Waals surface area contributed by atoms with Crippen LogP contribution in [0.3, 0.4) is 0 Å². The van der Waals surface area contributed by atoms with Crippen molar-refractivity contribution in [2.24, 2.45) is 0 Å². The number of hydrogen-bond acceptors (Lipinski definition) is 3. The van der Waals surface area contributed by atoms with E-state index in [0.29, 0.717) is 0 Å². The number of amides is 1. The molecule has 0 saturated heterocycles. The topological polar surface area (TPSA) is 66.1 Å². The number of thiocarbonyl (C=S) groups is 1. The lowest BCUT2D eigenvalue weighted by Crippen LogP contribution is -2.44. The molecule has 3 rings (SSSR count). The third-order valence-electron chi connectivity index (χ3n) is 3.24. The Kier molecular flexibility index (Phi) is 4.62. The molecule has 0 aliphatic heterocycles. The Hall–Kier alpha value is -3.06. The summed E-state index contributed by atoms with van der Waals surface area (Å²) in [5.74, 6) is -0.886. The number of aromatic nitrogens is 1. The van der Waals surface area contributed by atoms with Gasteiger partial charge in [-0.3, -0.25) is 15.6 Å². The van der Waals surface area contributed by atoms with Crippen LogP contribution in [0.15, 0.2) is 60.7 Å². The number of fused-ring (bicyclic) bond motifs is 1. The largest absolute Gasteiger partial charge is 0.329 e. The standard InChI is InChI=1S/C17H13FN4OS/c18-12-6-2-4-8-14(12)20-17(24)22-21-16(23)15-10-9-11-5-1-3-7-13(11)19-15/h1-10H,(H,21,23)(H2,20,22,24). The molecule has 1 heterocycles. The van der Waals surface area contributed by atoms with Gasteiger partial charge >= 0.3 is 0 Å². The zero-order valence-electron chi connectivity index (χ0n) is 12.4. The van der Waals surface area contributed by atoms with Crippen molar-refractivity contribution in [3.63, 3.8) is 0 Å². The second kappa shape index (κ2) is 7.01. The van der Waals surface area contributed by atoms with E-state index in [9.17, 15) is 9.18 Å². The van der Waals surface area contributed by atoms with Crippen LogP contribution in [0, 0.1) is 5.82 Å². The number of carbonyl (C=O) groups is 1. The van der Waals surface area contributed by atoms with E-state index in [-0.39, 0.29) is 16.5 Å². The van der Waals surface area contributed by atoms with Crippen molar-refractivity contribution >= 4 is 39.8 Å². The zero-order chi connectivity index (χ0) is 16.9. The Morgan fingerprint density at radius 2 is 1.71 bits per heavy atom. The molecule has 3 aromatic rings. The number of nitrogens with one attached hydrogen (secondary N) is 3. The molecule has 0 fully saturated rings. The van der Waals surface area contributed by atoms with Crippen LogP contribution in [-0.2, 0) is 0 Å². The first-order valence-corrected chi connectivity index (χ1v) is 7.52. The molecule has 7 heteroatoms. The highest BCUT2D eigenvalue weighted by atomic mass is 32.1. The van der Waals surface area contributed by atoms with Crippen LogP contribution in [0.25, 0.3) is 10.9 Å². The number of anilines is 1. The van der Waals surface area contributed by atoms with Gasteiger partial charge in [0, 0.05) is 5.39 Å². The van der Waals surface area contributed by atoms with Crippen molar-refractivity contribution < 1.29 is 9.18 Å². The molecule has 0 aliphatic rings. The average Bonchev–Trinajstić information content (AvgIpc) is 2.61. The third-order valence-corrected chi connectivity index (χ3v) is 3.45. The summed E-state index contributed by atoms with van der Waals surface area (Å²) in [7, 11) is 0. The van der Waals surface area contributed by atoms with Gasteiger partial charge in [-0.15, -0.1) is 0 Å². The first-order valence-electron chi connectivity index (χ1n) is 7.11. The van der Waals surface area contributed by atoms with E-state index >= 15 is 0 Å². The minimum atomic E-state index is -0.446. The molecule has 120 valence electrons. The van der Waals surface area contributed by atoms with Gasteiger partial charge in [-0.2, -0.15) is 0 Å². The molecule has 0 unspecified atom stereocenters.